The van der Waals surface area contributed by atoms with Crippen molar-refractivity contribution in [3.8, 4) is 0 Å². The number of carbonyl (C=O) groups excluding carboxylic acids is 1. The molecule has 0 aromatic carbocycles. The van der Waals surface area contributed by atoms with Crippen LogP contribution in [0.3, 0.4) is 0 Å². The van der Waals surface area contributed by atoms with Gasteiger partial charge in [-0.1, -0.05) is 24.7 Å². The fourth-order valence-electron chi connectivity index (χ4n) is 1.58. The van der Waals surface area contributed by atoms with E-state index in [-0.39, 0.29) is 0 Å². The van der Waals surface area contributed by atoms with Crippen LogP contribution in [0.5, 0.6) is 0 Å². The largest absolute Gasteiger partial charge is 0.383 e. The number of aryl methyl sites for hydroxylation is 1. The zero-order chi connectivity index (χ0) is 12.7. The summed E-state index contributed by atoms with van der Waals surface area (Å²) in [5.41, 5.74) is 0.929. The van der Waals surface area contributed by atoms with Crippen LogP contribution in [0.15, 0.2) is 0 Å². The minimum atomic E-state index is 0.674. The number of likely N-dealkylation sites (N-methyl/N-ethyl adjacent to an activating group) is 1. The van der Waals surface area contributed by atoms with Crippen molar-refractivity contribution >= 4 is 22.8 Å². The highest BCUT2D eigenvalue weighted by atomic mass is 32.1. The Labute approximate surface area is 107 Å². The molecule has 1 heterocycles. The predicted octanol–water partition coefficient (Wildman–Crippen LogP) is 2.38. The minimum absolute atomic E-state index is 0.674. The third-order valence-electron chi connectivity index (χ3n) is 2.53. The van der Waals surface area contributed by atoms with E-state index in [1.54, 1.807) is 7.11 Å². The summed E-state index contributed by atoms with van der Waals surface area (Å²) in [5, 5.41) is 0.926. The molecule has 0 bridgehead atoms. The second-order valence-corrected chi connectivity index (χ2v) is 4.76. The summed E-state index contributed by atoms with van der Waals surface area (Å²) in [5.74, 6) is 0. The fourth-order valence-corrected chi connectivity index (χ4v) is 2.60. The number of aromatic nitrogens is 1. The summed E-state index contributed by atoms with van der Waals surface area (Å²) in [6, 6.07) is 0. The first-order chi connectivity index (χ1) is 8.26. The zero-order valence-electron chi connectivity index (χ0n) is 10.7. The number of carbonyl (C=O) groups is 1. The summed E-state index contributed by atoms with van der Waals surface area (Å²) in [6.45, 7) is 6.53. The fraction of sp³-hybridized carbons (Fsp3) is 0.667. The van der Waals surface area contributed by atoms with E-state index in [4.69, 9.17) is 4.74 Å². The lowest BCUT2D eigenvalue weighted by atomic mass is 10.2. The standard InChI is InChI=1S/C12H20N2O2S/c1-4-6-10-11(9-15)17-12(13-10)14(5-2)7-8-16-3/h9H,4-8H2,1-3H3. The van der Waals surface area contributed by atoms with Gasteiger partial charge in [0.25, 0.3) is 0 Å². The van der Waals surface area contributed by atoms with Crippen LogP contribution < -0.4 is 4.90 Å². The molecule has 0 atom stereocenters. The van der Waals surface area contributed by atoms with E-state index in [2.05, 4.69) is 23.7 Å². The van der Waals surface area contributed by atoms with Crippen molar-refractivity contribution in [2.45, 2.75) is 26.7 Å². The number of aldehydes is 1. The van der Waals surface area contributed by atoms with Crippen LogP contribution in [-0.2, 0) is 11.2 Å². The van der Waals surface area contributed by atoms with Crippen molar-refractivity contribution < 1.29 is 9.53 Å². The van der Waals surface area contributed by atoms with E-state index in [0.29, 0.717) is 6.61 Å². The summed E-state index contributed by atoms with van der Waals surface area (Å²) in [4.78, 5) is 18.4. The van der Waals surface area contributed by atoms with E-state index in [1.165, 1.54) is 11.3 Å². The highest BCUT2D eigenvalue weighted by Crippen LogP contribution is 2.25. The van der Waals surface area contributed by atoms with Gasteiger partial charge in [-0.3, -0.25) is 4.79 Å². The highest BCUT2D eigenvalue weighted by Gasteiger charge is 2.14. The van der Waals surface area contributed by atoms with Gasteiger partial charge in [0, 0.05) is 20.2 Å². The molecule has 0 aliphatic rings. The SMILES string of the molecule is CCCc1nc(N(CC)CCOC)sc1C=O. The van der Waals surface area contributed by atoms with E-state index < -0.39 is 0 Å². The van der Waals surface area contributed by atoms with Gasteiger partial charge in [0.15, 0.2) is 11.4 Å². The summed E-state index contributed by atoms with van der Waals surface area (Å²) < 4.78 is 5.07. The first kappa shape index (κ1) is 14.1. The van der Waals surface area contributed by atoms with Crippen LogP contribution in [-0.4, -0.2) is 38.1 Å². The Hall–Kier alpha value is -0.940. The monoisotopic (exact) mass is 256 g/mol. The Morgan fingerprint density at radius 2 is 2.24 bits per heavy atom. The average molecular weight is 256 g/mol. The molecule has 17 heavy (non-hydrogen) atoms. The second-order valence-electron chi connectivity index (χ2n) is 3.75. The molecule has 5 heteroatoms. The Kier molecular flexibility index (Phi) is 6.15. The van der Waals surface area contributed by atoms with Gasteiger partial charge < -0.3 is 9.64 Å². The van der Waals surface area contributed by atoms with Gasteiger partial charge in [-0.2, -0.15) is 0 Å². The molecule has 0 saturated carbocycles. The zero-order valence-corrected chi connectivity index (χ0v) is 11.5. The van der Waals surface area contributed by atoms with Crippen LogP contribution in [0.2, 0.25) is 0 Å². The number of anilines is 1. The molecule has 1 aromatic rings. The third kappa shape index (κ3) is 3.78. The Balaban J connectivity index is 2.84. The Morgan fingerprint density at radius 1 is 1.47 bits per heavy atom. The van der Waals surface area contributed by atoms with Crippen molar-refractivity contribution in [1.29, 1.82) is 0 Å². The van der Waals surface area contributed by atoms with Gasteiger partial charge in [-0.25, -0.2) is 4.98 Å². The molecule has 0 unspecified atom stereocenters. The topological polar surface area (TPSA) is 42.4 Å². The number of thiazole rings is 1. The quantitative estimate of drug-likeness (QED) is 0.670. The molecule has 0 aliphatic heterocycles. The first-order valence-electron chi connectivity index (χ1n) is 5.95. The molecule has 4 nitrogen and oxygen atoms in total. The lowest BCUT2D eigenvalue weighted by Gasteiger charge is -2.18. The van der Waals surface area contributed by atoms with Crippen LogP contribution in [0.25, 0.3) is 0 Å². The van der Waals surface area contributed by atoms with Crippen molar-refractivity contribution in [2.24, 2.45) is 0 Å². The predicted molar refractivity (Wildman–Crippen MR) is 71.3 cm³/mol. The van der Waals surface area contributed by atoms with Gasteiger partial charge in [0.1, 0.15) is 0 Å². The number of hydrogen-bond acceptors (Lipinski definition) is 5. The van der Waals surface area contributed by atoms with Gasteiger partial charge in [0.2, 0.25) is 0 Å². The normalized spacial score (nSPS) is 10.5. The van der Waals surface area contributed by atoms with E-state index >= 15 is 0 Å². The molecule has 0 spiro atoms. The van der Waals surface area contributed by atoms with E-state index in [0.717, 1.165) is 47.9 Å². The van der Waals surface area contributed by atoms with Crippen LogP contribution in [0.1, 0.15) is 35.6 Å². The highest BCUT2D eigenvalue weighted by molar-refractivity contribution is 7.17. The molecular formula is C12H20N2O2S. The Bertz CT molecular complexity index is 352. The van der Waals surface area contributed by atoms with E-state index in [9.17, 15) is 4.79 Å². The number of hydrogen-bond donors (Lipinski definition) is 0. The molecule has 0 N–H and O–H groups in total. The maximum atomic E-state index is 11.0. The number of ether oxygens (including phenoxy) is 1. The van der Waals surface area contributed by atoms with Crippen LogP contribution >= 0.6 is 11.3 Å². The number of methoxy groups -OCH3 is 1. The molecule has 0 amide bonds. The minimum Gasteiger partial charge on any atom is -0.383 e. The van der Waals surface area contributed by atoms with Gasteiger partial charge in [-0.05, 0) is 13.3 Å². The lowest BCUT2D eigenvalue weighted by molar-refractivity contribution is 0.112. The molecule has 0 aliphatic carbocycles. The third-order valence-corrected chi connectivity index (χ3v) is 3.61. The summed E-state index contributed by atoms with van der Waals surface area (Å²) >= 11 is 1.47. The Morgan fingerprint density at radius 3 is 2.76 bits per heavy atom. The molecule has 0 fully saturated rings. The van der Waals surface area contributed by atoms with Gasteiger partial charge >= 0.3 is 0 Å². The number of nitrogens with zero attached hydrogens (tertiary/aromatic N) is 2. The smallest absolute Gasteiger partial charge is 0.186 e. The van der Waals surface area contributed by atoms with Crippen LogP contribution in [0, 0.1) is 0 Å². The number of rotatable bonds is 8. The van der Waals surface area contributed by atoms with Gasteiger partial charge in [0.05, 0.1) is 17.2 Å². The first-order valence-corrected chi connectivity index (χ1v) is 6.77. The molecule has 0 radical (unpaired) electrons. The summed E-state index contributed by atoms with van der Waals surface area (Å²) in [6.07, 6.45) is 2.79. The molecule has 1 rings (SSSR count). The summed E-state index contributed by atoms with van der Waals surface area (Å²) in [7, 11) is 1.69. The molecule has 0 saturated heterocycles. The van der Waals surface area contributed by atoms with Crippen molar-refractivity contribution in [3.05, 3.63) is 10.6 Å². The van der Waals surface area contributed by atoms with Crippen LogP contribution in [0.4, 0.5) is 5.13 Å². The molecular weight excluding hydrogens is 236 g/mol. The maximum Gasteiger partial charge on any atom is 0.186 e. The van der Waals surface area contributed by atoms with Crippen molar-refractivity contribution in [2.75, 3.05) is 31.7 Å². The van der Waals surface area contributed by atoms with Crippen molar-refractivity contribution in [1.82, 2.24) is 4.98 Å². The lowest BCUT2D eigenvalue weighted by Crippen LogP contribution is -2.26. The van der Waals surface area contributed by atoms with E-state index in [1.807, 2.05) is 0 Å². The van der Waals surface area contributed by atoms with Crippen molar-refractivity contribution in [3.63, 3.8) is 0 Å². The molecule has 1 aromatic heterocycles. The van der Waals surface area contributed by atoms with Gasteiger partial charge in [-0.15, -0.1) is 0 Å². The molecule has 96 valence electrons. The second kappa shape index (κ2) is 7.40. The average Bonchev–Trinajstić information content (AvgIpc) is 2.74. The maximum absolute atomic E-state index is 11.0.